The Morgan fingerprint density at radius 1 is 0.842 bits per heavy atom. The normalized spacial score (nSPS) is 17.6. The van der Waals surface area contributed by atoms with Crippen LogP contribution in [0.15, 0.2) is 65.3 Å². The van der Waals surface area contributed by atoms with E-state index < -0.39 is 24.3 Å². The molecule has 3 atom stereocenters. The van der Waals surface area contributed by atoms with Gasteiger partial charge in [0.1, 0.15) is 35.1 Å². The van der Waals surface area contributed by atoms with Gasteiger partial charge in [0.2, 0.25) is 11.8 Å². The first-order valence-corrected chi connectivity index (χ1v) is 19.7. The molecule has 4 amide bonds. The number of hydrogen-bond acceptors (Lipinski definition) is 9. The third-order valence-electron chi connectivity index (χ3n) is 11.2. The Morgan fingerprint density at radius 3 is 2.19 bits per heavy atom. The summed E-state index contributed by atoms with van der Waals surface area (Å²) in [5.41, 5.74) is 5.22. The highest BCUT2D eigenvalue weighted by Crippen LogP contribution is 2.38. The number of alkyl carbamates (subject to hydrolysis) is 2. The highest BCUT2D eigenvalue weighted by atomic mass is 16.5. The predicted molar refractivity (Wildman–Crippen MR) is 210 cm³/mol. The molecule has 4 heterocycles. The van der Waals surface area contributed by atoms with Crippen molar-refractivity contribution in [3.63, 3.8) is 0 Å². The van der Waals surface area contributed by atoms with Crippen molar-refractivity contribution in [2.75, 3.05) is 27.3 Å². The number of hydrogen-bond donors (Lipinski definition) is 4. The molecule has 0 unspecified atom stereocenters. The lowest BCUT2D eigenvalue weighted by molar-refractivity contribution is -0.135. The number of aromatic amines is 2. The van der Waals surface area contributed by atoms with Crippen molar-refractivity contribution >= 4 is 35.0 Å². The number of nitrogens with zero attached hydrogens (tertiary/aromatic N) is 4. The van der Waals surface area contributed by atoms with E-state index in [2.05, 4.69) is 31.7 Å². The fourth-order valence-corrected chi connectivity index (χ4v) is 7.81. The van der Waals surface area contributed by atoms with Crippen LogP contribution in [0.3, 0.4) is 0 Å². The lowest BCUT2D eigenvalue weighted by Gasteiger charge is -2.28. The molecule has 8 rings (SSSR count). The zero-order valence-corrected chi connectivity index (χ0v) is 32.4. The Hall–Kier alpha value is -6.12. The Labute approximate surface area is 329 Å². The smallest absolute Gasteiger partial charge is 0.407 e. The van der Waals surface area contributed by atoms with Crippen LogP contribution in [0.25, 0.3) is 44.8 Å². The van der Waals surface area contributed by atoms with Crippen LogP contribution >= 0.6 is 0 Å². The van der Waals surface area contributed by atoms with Crippen molar-refractivity contribution in [2.45, 2.75) is 76.5 Å². The number of amides is 4. The second-order valence-electron chi connectivity index (χ2n) is 15.2. The maximum absolute atomic E-state index is 13.6. The van der Waals surface area contributed by atoms with Crippen LogP contribution in [-0.2, 0) is 25.6 Å². The van der Waals surface area contributed by atoms with Crippen molar-refractivity contribution in [3.05, 3.63) is 72.6 Å². The molecule has 1 aliphatic heterocycles. The third kappa shape index (κ3) is 8.23. The lowest BCUT2D eigenvalue weighted by atomic mass is 10.1. The zero-order valence-electron chi connectivity index (χ0n) is 32.4. The molecule has 0 bridgehead atoms. The monoisotopic (exact) mass is 776 g/mol. The Bertz CT molecular complexity index is 2250. The van der Waals surface area contributed by atoms with Crippen molar-refractivity contribution < 1.29 is 33.1 Å². The lowest BCUT2D eigenvalue weighted by Crippen LogP contribution is -2.49. The molecule has 2 aromatic carbocycles. The second-order valence-corrected chi connectivity index (χ2v) is 15.2. The summed E-state index contributed by atoms with van der Waals surface area (Å²) in [6.07, 6.45) is 8.40. The molecule has 298 valence electrons. The second kappa shape index (κ2) is 16.2. The largest absolute Gasteiger partial charge is 0.456 e. The first-order chi connectivity index (χ1) is 27.7. The minimum absolute atomic E-state index is 0.0883. The minimum Gasteiger partial charge on any atom is -0.456 e. The average molecular weight is 777 g/mol. The number of rotatable bonds is 14. The van der Waals surface area contributed by atoms with Gasteiger partial charge in [-0.05, 0) is 86.6 Å². The minimum atomic E-state index is -0.606. The average Bonchev–Trinajstić information content (AvgIpc) is 3.99. The molecule has 0 radical (unpaired) electrons. The number of ether oxygens (including phenoxy) is 2. The van der Waals surface area contributed by atoms with Crippen molar-refractivity contribution in [2.24, 2.45) is 11.8 Å². The summed E-state index contributed by atoms with van der Waals surface area (Å²) in [6, 6.07) is 14.6. The summed E-state index contributed by atoms with van der Waals surface area (Å²) in [7, 11) is 2.60. The molecule has 15 nitrogen and oxygen atoms in total. The summed E-state index contributed by atoms with van der Waals surface area (Å²) in [5, 5.41) is 6.43. The van der Waals surface area contributed by atoms with Crippen LogP contribution in [0.1, 0.15) is 69.6 Å². The topological polar surface area (TPSA) is 188 Å². The molecule has 15 heteroatoms. The van der Waals surface area contributed by atoms with Crippen LogP contribution in [-0.4, -0.2) is 93.1 Å². The van der Waals surface area contributed by atoms with Gasteiger partial charge in [-0.15, -0.1) is 0 Å². The van der Waals surface area contributed by atoms with Gasteiger partial charge < -0.3 is 44.3 Å². The first kappa shape index (κ1) is 37.8. The van der Waals surface area contributed by atoms with E-state index >= 15 is 0 Å². The SMILES string of the molecule is CCCN(Cc1ncc(-c2ccc(-c3cc4cc(-c5cnc([C@@H]6CCCN6C(=O)[C@H](NC(=O)OC)C6CC6)[nH]5)ccc4o3)cc2)[nH]1)C(=O)[C@H](NC(=O)OC)C1CC1. The summed E-state index contributed by atoms with van der Waals surface area (Å²) in [4.78, 5) is 70.8. The molecular formula is C42H48N8O7. The molecule has 2 aliphatic carbocycles. The number of imidazole rings is 2. The maximum Gasteiger partial charge on any atom is 0.407 e. The van der Waals surface area contributed by atoms with Crippen LogP contribution in [0, 0.1) is 11.8 Å². The first-order valence-electron chi connectivity index (χ1n) is 19.7. The van der Waals surface area contributed by atoms with Crippen molar-refractivity contribution in [3.8, 4) is 33.8 Å². The zero-order chi connectivity index (χ0) is 39.6. The fourth-order valence-electron chi connectivity index (χ4n) is 7.81. The van der Waals surface area contributed by atoms with Gasteiger partial charge in [0.25, 0.3) is 0 Å². The fraction of sp³-hybridized carbons (Fsp3) is 0.429. The van der Waals surface area contributed by atoms with E-state index in [4.69, 9.17) is 18.9 Å². The van der Waals surface area contributed by atoms with Crippen LogP contribution in [0.2, 0.25) is 0 Å². The number of fused-ring (bicyclic) bond motifs is 1. The molecule has 3 aromatic heterocycles. The number of aromatic nitrogens is 4. The third-order valence-corrected chi connectivity index (χ3v) is 11.2. The van der Waals surface area contributed by atoms with E-state index in [0.717, 1.165) is 95.6 Å². The van der Waals surface area contributed by atoms with E-state index in [1.807, 2.05) is 54.3 Å². The van der Waals surface area contributed by atoms with Crippen LogP contribution in [0.5, 0.6) is 0 Å². The van der Waals surface area contributed by atoms with E-state index in [1.165, 1.54) is 14.2 Å². The number of methoxy groups -OCH3 is 2. The summed E-state index contributed by atoms with van der Waals surface area (Å²) < 4.78 is 15.8. The number of furan rings is 1. The number of benzene rings is 2. The summed E-state index contributed by atoms with van der Waals surface area (Å²) in [6.45, 7) is 3.46. The molecule has 4 N–H and O–H groups in total. The summed E-state index contributed by atoms with van der Waals surface area (Å²) >= 11 is 0. The van der Waals surface area contributed by atoms with Crippen LogP contribution < -0.4 is 10.6 Å². The molecule has 57 heavy (non-hydrogen) atoms. The van der Waals surface area contributed by atoms with Gasteiger partial charge in [0.05, 0.1) is 50.6 Å². The quantitative estimate of drug-likeness (QED) is 0.0970. The van der Waals surface area contributed by atoms with Gasteiger partial charge in [-0.25, -0.2) is 19.6 Å². The summed E-state index contributed by atoms with van der Waals surface area (Å²) in [5.74, 6) is 2.16. The number of nitrogens with one attached hydrogen (secondary N) is 4. The van der Waals surface area contributed by atoms with Gasteiger partial charge in [-0.1, -0.05) is 31.2 Å². The van der Waals surface area contributed by atoms with E-state index in [1.54, 1.807) is 17.3 Å². The van der Waals surface area contributed by atoms with Gasteiger partial charge in [-0.2, -0.15) is 0 Å². The molecule has 0 spiro atoms. The standard InChI is InChI=1S/C42H48N8O7/c1-4-17-49(39(51)36(26-11-12-26)47-41(53)55-2)23-35-43-21-30(45-35)24-7-9-25(10-8-24)34-20-29-19-28(15-16-33(29)57-34)31-22-44-38(46-31)32-6-5-18-50(32)40(52)37(27-13-14-27)48-42(54)56-3/h7-10,15-16,19-22,26-27,32,36-37H,4-6,11-14,17-18,23H2,1-3H3,(H,43,45)(H,44,46)(H,47,53)(H,48,54)/t32-,36+,37+/m0/s1. The Kier molecular flexibility index (Phi) is 10.7. The van der Waals surface area contributed by atoms with E-state index in [0.29, 0.717) is 25.5 Å². The van der Waals surface area contributed by atoms with Gasteiger partial charge >= 0.3 is 12.2 Å². The highest BCUT2D eigenvalue weighted by Gasteiger charge is 2.43. The maximum atomic E-state index is 13.6. The number of H-pyrrole nitrogens is 2. The molecule has 3 aliphatic rings. The molecular weight excluding hydrogens is 729 g/mol. The van der Waals surface area contributed by atoms with Crippen molar-refractivity contribution in [1.29, 1.82) is 0 Å². The molecule has 1 saturated heterocycles. The Balaban J connectivity index is 0.931. The number of carbonyl (C=O) groups is 4. The van der Waals surface area contributed by atoms with Crippen LogP contribution in [0.4, 0.5) is 9.59 Å². The van der Waals surface area contributed by atoms with E-state index in [-0.39, 0.29) is 29.7 Å². The number of likely N-dealkylation sites (tertiary alicyclic amines) is 1. The Morgan fingerprint density at radius 2 is 1.49 bits per heavy atom. The van der Waals surface area contributed by atoms with Gasteiger partial charge in [0.15, 0.2) is 0 Å². The van der Waals surface area contributed by atoms with Gasteiger partial charge in [0, 0.05) is 29.6 Å². The molecule has 5 aromatic rings. The molecule has 2 saturated carbocycles. The predicted octanol–water partition coefficient (Wildman–Crippen LogP) is 6.55. The van der Waals surface area contributed by atoms with E-state index in [9.17, 15) is 19.2 Å². The highest BCUT2D eigenvalue weighted by molar-refractivity contribution is 5.88. The molecule has 3 fully saturated rings. The van der Waals surface area contributed by atoms with Gasteiger partial charge in [-0.3, -0.25) is 9.59 Å². The van der Waals surface area contributed by atoms with Crippen molar-refractivity contribution in [1.82, 2.24) is 40.4 Å². The number of carbonyl (C=O) groups excluding carboxylic acids is 4.